The zero-order valence-electron chi connectivity index (χ0n) is 11.3. The van der Waals surface area contributed by atoms with Gasteiger partial charge in [-0.15, -0.1) is 0 Å². The summed E-state index contributed by atoms with van der Waals surface area (Å²) in [7, 11) is -3.92. The lowest BCUT2D eigenvalue weighted by Crippen LogP contribution is -2.25. The molecule has 4 nitrogen and oxygen atoms in total. The van der Waals surface area contributed by atoms with Gasteiger partial charge in [0.1, 0.15) is 10.7 Å². The Hall–Kier alpha value is -1.31. The van der Waals surface area contributed by atoms with Gasteiger partial charge in [0.25, 0.3) is 0 Å². The molecule has 0 aliphatic heterocycles. The fraction of sp³-hybridized carbons (Fsp3) is 0.214. The Morgan fingerprint density at radius 2 is 2.10 bits per heavy atom. The van der Waals surface area contributed by atoms with Crippen molar-refractivity contribution < 1.29 is 12.8 Å². The van der Waals surface area contributed by atoms with Crippen molar-refractivity contribution in [2.75, 3.05) is 0 Å². The van der Waals surface area contributed by atoms with E-state index in [0.717, 1.165) is 18.1 Å². The summed E-state index contributed by atoms with van der Waals surface area (Å²) in [5.41, 5.74) is 1.59. The monoisotopic (exact) mass is 372 g/mol. The molecule has 112 valence electrons. The van der Waals surface area contributed by atoms with Crippen molar-refractivity contribution in [2.45, 2.75) is 24.8 Å². The van der Waals surface area contributed by atoms with Crippen molar-refractivity contribution in [2.24, 2.45) is 0 Å². The van der Waals surface area contributed by atoms with Crippen LogP contribution in [0.15, 0.2) is 45.9 Å². The van der Waals surface area contributed by atoms with E-state index in [9.17, 15) is 12.8 Å². The Balaban J connectivity index is 2.22. The molecule has 0 bridgehead atoms. The molecular weight excluding hydrogens is 359 g/mol. The first-order valence-electron chi connectivity index (χ1n) is 6.31. The maximum atomic E-state index is 13.8. The van der Waals surface area contributed by atoms with Crippen LogP contribution in [0.1, 0.15) is 18.2 Å². The summed E-state index contributed by atoms with van der Waals surface area (Å²) >= 11 is 3.09. The molecule has 0 unspecified atom stereocenters. The smallest absolute Gasteiger partial charge is 0.243 e. The van der Waals surface area contributed by atoms with E-state index in [2.05, 4.69) is 25.6 Å². The normalized spacial score (nSPS) is 11.6. The minimum absolute atomic E-state index is 0.0296. The van der Waals surface area contributed by atoms with E-state index in [4.69, 9.17) is 0 Å². The van der Waals surface area contributed by atoms with Crippen molar-refractivity contribution in [3.8, 4) is 0 Å². The summed E-state index contributed by atoms with van der Waals surface area (Å²) in [6.07, 6.45) is 2.35. The third kappa shape index (κ3) is 3.87. The van der Waals surface area contributed by atoms with Gasteiger partial charge in [0.15, 0.2) is 0 Å². The van der Waals surface area contributed by atoms with Gasteiger partial charge in [-0.2, -0.15) is 0 Å². The minimum Gasteiger partial charge on any atom is -0.260 e. The van der Waals surface area contributed by atoms with E-state index in [1.165, 1.54) is 12.1 Å². The molecule has 2 rings (SSSR count). The molecule has 0 fully saturated rings. The van der Waals surface area contributed by atoms with E-state index in [0.29, 0.717) is 10.2 Å². The number of hydrogen-bond donors (Lipinski definition) is 1. The summed E-state index contributed by atoms with van der Waals surface area (Å²) < 4.78 is 40.9. The molecule has 7 heteroatoms. The summed E-state index contributed by atoms with van der Waals surface area (Å²) in [6.45, 7) is 1.99. The predicted molar refractivity (Wildman–Crippen MR) is 81.7 cm³/mol. The lowest BCUT2D eigenvalue weighted by molar-refractivity contribution is 0.555. The van der Waals surface area contributed by atoms with E-state index in [-0.39, 0.29) is 11.4 Å². The van der Waals surface area contributed by atoms with Gasteiger partial charge in [0.05, 0.1) is 12.2 Å². The predicted octanol–water partition coefficient (Wildman–Crippen LogP) is 3.02. The van der Waals surface area contributed by atoms with Crippen molar-refractivity contribution in [1.82, 2.24) is 9.71 Å². The first kappa shape index (κ1) is 16.1. The Morgan fingerprint density at radius 3 is 2.76 bits per heavy atom. The van der Waals surface area contributed by atoms with Gasteiger partial charge >= 0.3 is 0 Å². The third-order valence-electron chi connectivity index (χ3n) is 2.98. The first-order chi connectivity index (χ1) is 9.94. The Morgan fingerprint density at radius 1 is 1.33 bits per heavy atom. The topological polar surface area (TPSA) is 59.1 Å². The highest BCUT2D eigenvalue weighted by Gasteiger charge is 2.19. The van der Waals surface area contributed by atoms with Crippen LogP contribution >= 0.6 is 15.9 Å². The molecule has 1 aromatic heterocycles. The maximum absolute atomic E-state index is 13.8. The molecule has 0 amide bonds. The average Bonchev–Trinajstić information content (AvgIpc) is 2.45. The lowest BCUT2D eigenvalue weighted by atomic mass is 10.1. The summed E-state index contributed by atoms with van der Waals surface area (Å²) in [4.78, 5) is 3.78. The van der Waals surface area contributed by atoms with E-state index >= 15 is 0 Å². The Labute approximate surface area is 131 Å². The molecule has 1 heterocycles. The van der Waals surface area contributed by atoms with E-state index < -0.39 is 15.8 Å². The van der Waals surface area contributed by atoms with Crippen LogP contribution in [-0.2, 0) is 23.0 Å². The van der Waals surface area contributed by atoms with Crippen molar-refractivity contribution >= 4 is 26.0 Å². The summed E-state index contributed by atoms with van der Waals surface area (Å²) in [5.74, 6) is -0.798. The van der Waals surface area contributed by atoms with Gasteiger partial charge in [-0.25, -0.2) is 17.5 Å². The van der Waals surface area contributed by atoms with Crippen LogP contribution in [0, 0.1) is 5.82 Å². The standard InChI is InChI=1S/C14H14BrFN2O2S/c1-2-10-4-3-7-17-13(10)9-18-21(19,20)14-6-5-11(15)8-12(14)16/h3-8,18H,2,9H2,1H3. The molecule has 1 aromatic carbocycles. The molecule has 21 heavy (non-hydrogen) atoms. The highest BCUT2D eigenvalue weighted by molar-refractivity contribution is 9.10. The van der Waals surface area contributed by atoms with Crippen LogP contribution in [0.4, 0.5) is 4.39 Å². The second-order valence-electron chi connectivity index (χ2n) is 4.36. The number of pyridine rings is 1. The number of hydrogen-bond acceptors (Lipinski definition) is 3. The van der Waals surface area contributed by atoms with Crippen molar-refractivity contribution in [3.05, 3.63) is 58.1 Å². The van der Waals surface area contributed by atoms with Gasteiger partial charge in [0, 0.05) is 10.7 Å². The highest BCUT2D eigenvalue weighted by Crippen LogP contribution is 2.19. The molecule has 0 aliphatic carbocycles. The zero-order valence-corrected chi connectivity index (χ0v) is 13.7. The third-order valence-corrected chi connectivity index (χ3v) is 4.91. The van der Waals surface area contributed by atoms with Crippen molar-refractivity contribution in [3.63, 3.8) is 0 Å². The van der Waals surface area contributed by atoms with Gasteiger partial charge in [-0.3, -0.25) is 4.98 Å². The SMILES string of the molecule is CCc1cccnc1CNS(=O)(=O)c1ccc(Br)cc1F. The number of nitrogens with zero attached hydrogens (tertiary/aromatic N) is 1. The highest BCUT2D eigenvalue weighted by atomic mass is 79.9. The van der Waals surface area contributed by atoms with Crippen LogP contribution in [0.2, 0.25) is 0 Å². The van der Waals surface area contributed by atoms with Crippen LogP contribution < -0.4 is 4.72 Å². The molecule has 0 atom stereocenters. The Bertz CT molecular complexity index is 750. The van der Waals surface area contributed by atoms with Crippen LogP contribution in [-0.4, -0.2) is 13.4 Å². The number of aromatic nitrogens is 1. The Kier molecular flexibility index (Phi) is 5.08. The molecule has 0 saturated heterocycles. The van der Waals surface area contributed by atoms with Crippen molar-refractivity contribution in [1.29, 1.82) is 0 Å². The number of rotatable bonds is 5. The van der Waals surface area contributed by atoms with Crippen LogP contribution in [0.5, 0.6) is 0 Å². The second kappa shape index (κ2) is 6.64. The largest absolute Gasteiger partial charge is 0.260 e. The molecule has 2 aromatic rings. The molecule has 0 radical (unpaired) electrons. The van der Waals surface area contributed by atoms with Gasteiger partial charge in [-0.1, -0.05) is 28.9 Å². The van der Waals surface area contributed by atoms with Gasteiger partial charge in [-0.05, 0) is 36.2 Å². The van der Waals surface area contributed by atoms with Crippen LogP contribution in [0.25, 0.3) is 0 Å². The lowest BCUT2D eigenvalue weighted by Gasteiger charge is -2.10. The van der Waals surface area contributed by atoms with Gasteiger partial charge in [0.2, 0.25) is 10.0 Å². The number of aryl methyl sites for hydroxylation is 1. The van der Waals surface area contributed by atoms with E-state index in [1.54, 1.807) is 12.3 Å². The number of halogens is 2. The molecule has 1 N–H and O–H groups in total. The zero-order chi connectivity index (χ0) is 15.5. The summed E-state index contributed by atoms with van der Waals surface area (Å²) in [5, 5.41) is 0. The summed E-state index contributed by atoms with van der Waals surface area (Å²) in [6, 6.07) is 7.51. The quantitative estimate of drug-likeness (QED) is 0.877. The number of nitrogens with one attached hydrogen (secondary N) is 1. The molecular formula is C14H14BrFN2O2S. The van der Waals surface area contributed by atoms with Crippen LogP contribution in [0.3, 0.4) is 0 Å². The average molecular weight is 373 g/mol. The van der Waals surface area contributed by atoms with E-state index in [1.807, 2.05) is 13.0 Å². The number of sulfonamides is 1. The fourth-order valence-electron chi connectivity index (χ4n) is 1.89. The number of benzene rings is 1. The molecule has 0 spiro atoms. The molecule has 0 aliphatic rings. The van der Waals surface area contributed by atoms with Gasteiger partial charge < -0.3 is 0 Å². The fourth-order valence-corrected chi connectivity index (χ4v) is 3.26. The second-order valence-corrected chi connectivity index (χ2v) is 7.01. The minimum atomic E-state index is -3.92. The maximum Gasteiger partial charge on any atom is 0.243 e. The first-order valence-corrected chi connectivity index (χ1v) is 8.59. The molecule has 0 saturated carbocycles.